The maximum absolute atomic E-state index is 12.6. The van der Waals surface area contributed by atoms with E-state index in [0.717, 1.165) is 13.0 Å². The zero-order chi connectivity index (χ0) is 15.7. The molecule has 4 atom stereocenters. The molecule has 1 amide bonds. The van der Waals surface area contributed by atoms with Crippen LogP contribution in [0.4, 0.5) is 0 Å². The highest BCUT2D eigenvalue weighted by molar-refractivity contribution is 5.80. The first kappa shape index (κ1) is 15.5. The monoisotopic (exact) mass is 301 g/mol. The lowest BCUT2D eigenvalue weighted by Gasteiger charge is -2.27. The zero-order valence-corrected chi connectivity index (χ0v) is 13.6. The molecular formula is C18H27N3O. The molecule has 4 unspecified atom stereocenters. The third kappa shape index (κ3) is 3.03. The first-order valence-corrected chi connectivity index (χ1v) is 8.31. The molecule has 120 valence electrons. The van der Waals surface area contributed by atoms with E-state index in [4.69, 9.17) is 5.73 Å². The zero-order valence-electron chi connectivity index (χ0n) is 13.6. The number of rotatable bonds is 5. The van der Waals surface area contributed by atoms with E-state index < -0.39 is 0 Å². The molecule has 4 heteroatoms. The molecule has 2 bridgehead atoms. The van der Waals surface area contributed by atoms with E-state index >= 15 is 0 Å². The van der Waals surface area contributed by atoms with Gasteiger partial charge in [-0.25, -0.2) is 0 Å². The van der Waals surface area contributed by atoms with Crippen molar-refractivity contribution in [2.45, 2.75) is 38.4 Å². The Labute approximate surface area is 133 Å². The number of nitrogens with two attached hydrogens (primary N) is 1. The normalized spacial score (nSPS) is 30.0. The predicted molar refractivity (Wildman–Crippen MR) is 88.0 cm³/mol. The van der Waals surface area contributed by atoms with Crippen molar-refractivity contribution in [3.63, 3.8) is 0 Å². The van der Waals surface area contributed by atoms with Crippen LogP contribution < -0.4 is 11.1 Å². The van der Waals surface area contributed by atoms with Gasteiger partial charge in [0.15, 0.2) is 0 Å². The van der Waals surface area contributed by atoms with E-state index in [1.54, 1.807) is 0 Å². The maximum Gasteiger partial charge on any atom is 0.225 e. The minimum atomic E-state index is 0.0276. The van der Waals surface area contributed by atoms with Gasteiger partial charge in [0.1, 0.15) is 0 Å². The van der Waals surface area contributed by atoms with E-state index in [2.05, 4.69) is 42.5 Å². The van der Waals surface area contributed by atoms with Gasteiger partial charge in [-0.05, 0) is 56.3 Å². The van der Waals surface area contributed by atoms with Crippen molar-refractivity contribution in [3.8, 4) is 0 Å². The lowest BCUT2D eigenvalue weighted by Crippen LogP contribution is -2.45. The number of carbonyl (C=O) groups is 1. The summed E-state index contributed by atoms with van der Waals surface area (Å²) in [5.41, 5.74) is 8.73. The number of nitrogens with one attached hydrogen (secondary N) is 1. The molecular weight excluding hydrogens is 274 g/mol. The molecule has 0 aromatic heterocycles. The predicted octanol–water partition coefficient (Wildman–Crippen LogP) is 1.74. The van der Waals surface area contributed by atoms with Gasteiger partial charge in [-0.2, -0.15) is 0 Å². The van der Waals surface area contributed by atoms with Crippen LogP contribution in [0, 0.1) is 17.8 Å². The van der Waals surface area contributed by atoms with Crippen LogP contribution in [0.15, 0.2) is 24.3 Å². The Bertz CT molecular complexity index is 541. The molecule has 1 aromatic carbocycles. The summed E-state index contributed by atoms with van der Waals surface area (Å²) in [6, 6.07) is 8.38. The van der Waals surface area contributed by atoms with Crippen LogP contribution in [-0.4, -0.2) is 30.9 Å². The van der Waals surface area contributed by atoms with Crippen molar-refractivity contribution in [1.82, 2.24) is 10.2 Å². The number of benzene rings is 1. The fraction of sp³-hybridized carbons (Fsp3) is 0.611. The Hall–Kier alpha value is -1.39. The average Bonchev–Trinajstić information content (AvgIpc) is 3.06. The van der Waals surface area contributed by atoms with Crippen LogP contribution >= 0.6 is 0 Å². The van der Waals surface area contributed by atoms with Gasteiger partial charge < -0.3 is 16.0 Å². The fourth-order valence-electron chi connectivity index (χ4n) is 4.25. The second-order valence-electron chi connectivity index (χ2n) is 7.16. The average molecular weight is 301 g/mol. The number of hydrogen-bond acceptors (Lipinski definition) is 3. The van der Waals surface area contributed by atoms with Crippen molar-refractivity contribution in [2.24, 2.45) is 23.5 Å². The molecule has 0 heterocycles. The lowest BCUT2D eigenvalue weighted by molar-refractivity contribution is -0.127. The van der Waals surface area contributed by atoms with Crippen LogP contribution in [0.2, 0.25) is 0 Å². The maximum atomic E-state index is 12.6. The Morgan fingerprint density at radius 3 is 2.55 bits per heavy atom. The van der Waals surface area contributed by atoms with Gasteiger partial charge in [-0.3, -0.25) is 4.79 Å². The van der Waals surface area contributed by atoms with Gasteiger partial charge in [-0.15, -0.1) is 0 Å². The van der Waals surface area contributed by atoms with Gasteiger partial charge in [0.05, 0.1) is 5.92 Å². The van der Waals surface area contributed by atoms with Gasteiger partial charge in [0, 0.05) is 19.1 Å². The third-order valence-corrected chi connectivity index (χ3v) is 5.34. The van der Waals surface area contributed by atoms with Crippen LogP contribution in [-0.2, 0) is 17.9 Å². The summed E-state index contributed by atoms with van der Waals surface area (Å²) in [5, 5.41) is 3.13. The first-order chi connectivity index (χ1) is 10.6. The molecule has 0 spiro atoms. The molecule has 2 fully saturated rings. The summed E-state index contributed by atoms with van der Waals surface area (Å²) in [4.78, 5) is 14.7. The van der Waals surface area contributed by atoms with Crippen LogP contribution in [0.1, 0.15) is 30.4 Å². The molecule has 22 heavy (non-hydrogen) atoms. The Kier molecular flexibility index (Phi) is 4.50. The first-order valence-electron chi connectivity index (χ1n) is 8.31. The van der Waals surface area contributed by atoms with Gasteiger partial charge in [0.2, 0.25) is 5.91 Å². The molecule has 3 N–H and O–H groups in total. The number of amides is 1. The second-order valence-corrected chi connectivity index (χ2v) is 7.16. The fourth-order valence-corrected chi connectivity index (χ4v) is 4.25. The molecule has 1 aromatic rings. The topological polar surface area (TPSA) is 58.4 Å². The molecule has 4 nitrogen and oxygen atoms in total. The Morgan fingerprint density at radius 2 is 1.91 bits per heavy atom. The summed E-state index contributed by atoms with van der Waals surface area (Å²) >= 11 is 0. The second kappa shape index (κ2) is 6.39. The van der Waals surface area contributed by atoms with Crippen LogP contribution in [0.3, 0.4) is 0 Å². The van der Waals surface area contributed by atoms with E-state index in [-0.39, 0.29) is 17.9 Å². The third-order valence-electron chi connectivity index (χ3n) is 5.34. The lowest BCUT2D eigenvalue weighted by atomic mass is 9.84. The quantitative estimate of drug-likeness (QED) is 0.871. The summed E-state index contributed by atoms with van der Waals surface area (Å²) in [7, 11) is 4.12. The van der Waals surface area contributed by atoms with Crippen LogP contribution in [0.5, 0.6) is 0 Å². The molecule has 2 aliphatic rings. The highest BCUT2D eigenvalue weighted by atomic mass is 16.1. The van der Waals surface area contributed by atoms with Crippen molar-refractivity contribution in [2.75, 3.05) is 14.1 Å². The Morgan fingerprint density at radius 1 is 1.23 bits per heavy atom. The minimum absolute atomic E-state index is 0.0276. The largest absolute Gasteiger partial charge is 0.352 e. The van der Waals surface area contributed by atoms with E-state index in [9.17, 15) is 4.79 Å². The molecule has 0 saturated heterocycles. The summed E-state index contributed by atoms with van der Waals surface area (Å²) in [5.74, 6) is 1.26. The van der Waals surface area contributed by atoms with Gasteiger partial charge in [-0.1, -0.05) is 24.3 Å². The van der Waals surface area contributed by atoms with E-state index in [0.29, 0.717) is 18.4 Å². The minimum Gasteiger partial charge on any atom is -0.352 e. The molecule has 0 radical (unpaired) electrons. The molecule has 3 rings (SSSR count). The highest BCUT2D eigenvalue weighted by Crippen LogP contribution is 2.47. The van der Waals surface area contributed by atoms with Crippen molar-refractivity contribution in [3.05, 3.63) is 35.4 Å². The van der Waals surface area contributed by atoms with E-state index in [1.165, 1.54) is 24.0 Å². The highest BCUT2D eigenvalue weighted by Gasteiger charge is 2.48. The Balaban J connectivity index is 1.62. The molecule has 0 aliphatic heterocycles. The smallest absolute Gasteiger partial charge is 0.225 e. The SMILES string of the molecule is CN(C)Cc1ccccc1CNC(=O)C1C2CCC(C2)C1N. The van der Waals surface area contributed by atoms with Gasteiger partial charge in [0.25, 0.3) is 0 Å². The summed E-state index contributed by atoms with van der Waals surface area (Å²) < 4.78 is 0. The van der Waals surface area contributed by atoms with Gasteiger partial charge >= 0.3 is 0 Å². The number of hydrogen-bond donors (Lipinski definition) is 2. The molecule has 2 aliphatic carbocycles. The number of nitrogens with zero attached hydrogens (tertiary/aromatic N) is 1. The van der Waals surface area contributed by atoms with E-state index in [1.807, 2.05) is 6.07 Å². The number of fused-ring (bicyclic) bond motifs is 2. The van der Waals surface area contributed by atoms with Crippen LogP contribution in [0.25, 0.3) is 0 Å². The van der Waals surface area contributed by atoms with Crippen molar-refractivity contribution in [1.29, 1.82) is 0 Å². The summed E-state index contributed by atoms with van der Waals surface area (Å²) in [6.07, 6.45) is 3.53. The van der Waals surface area contributed by atoms with Crippen molar-refractivity contribution < 1.29 is 4.79 Å². The van der Waals surface area contributed by atoms with Crippen molar-refractivity contribution >= 4 is 5.91 Å². The summed E-state index contributed by atoms with van der Waals surface area (Å²) in [6.45, 7) is 1.49. The standard InChI is InChI=1S/C18H27N3O/c1-21(2)11-15-6-4-3-5-14(15)10-20-18(22)16-12-7-8-13(9-12)17(16)19/h3-6,12-13,16-17H,7-11,19H2,1-2H3,(H,20,22). The molecule has 2 saturated carbocycles. The number of carbonyl (C=O) groups excluding carboxylic acids is 1.